The van der Waals surface area contributed by atoms with Crippen LogP contribution in [0, 0.1) is 3.70 Å². The normalized spacial score (nSPS) is 10.4. The first-order valence-corrected chi connectivity index (χ1v) is 7.24. The highest BCUT2D eigenvalue weighted by atomic mass is 127. The molecule has 0 saturated heterocycles. The van der Waals surface area contributed by atoms with Crippen molar-refractivity contribution in [1.29, 1.82) is 0 Å². The van der Waals surface area contributed by atoms with Crippen molar-refractivity contribution in [1.82, 2.24) is 9.97 Å². The average Bonchev–Trinajstić information content (AvgIpc) is 2.49. The highest BCUT2D eigenvalue weighted by molar-refractivity contribution is 14.1. The second kappa shape index (κ2) is 5.58. The lowest BCUT2D eigenvalue weighted by Gasteiger charge is -2.07. The van der Waals surface area contributed by atoms with Crippen LogP contribution >= 0.6 is 22.6 Å². The van der Waals surface area contributed by atoms with Crippen LogP contribution in [-0.4, -0.2) is 9.97 Å². The molecule has 2 aromatic carbocycles. The maximum atomic E-state index is 12.1. The number of nitrogens with zero attached hydrogens (tertiary/aromatic N) is 1. The lowest BCUT2D eigenvalue weighted by molar-refractivity contribution is 1.11. The van der Waals surface area contributed by atoms with Crippen LogP contribution < -0.4 is 5.56 Å². The van der Waals surface area contributed by atoms with Gasteiger partial charge in [0.25, 0.3) is 5.56 Å². The van der Waals surface area contributed by atoms with E-state index >= 15 is 0 Å². The van der Waals surface area contributed by atoms with Crippen LogP contribution in [0.25, 0.3) is 22.5 Å². The first kappa shape index (κ1) is 13.1. The van der Waals surface area contributed by atoms with Gasteiger partial charge in [-0.25, -0.2) is 4.98 Å². The number of H-pyrrole nitrogens is 1. The summed E-state index contributed by atoms with van der Waals surface area (Å²) < 4.78 is 0.749. The molecule has 4 heteroatoms. The zero-order valence-corrected chi connectivity index (χ0v) is 12.7. The molecule has 3 rings (SSSR count). The van der Waals surface area contributed by atoms with Crippen molar-refractivity contribution in [3.63, 3.8) is 0 Å². The zero-order chi connectivity index (χ0) is 13.9. The van der Waals surface area contributed by atoms with E-state index in [9.17, 15) is 4.79 Å². The topological polar surface area (TPSA) is 45.8 Å². The third-order valence-corrected chi connectivity index (χ3v) is 3.74. The largest absolute Gasteiger partial charge is 0.314 e. The van der Waals surface area contributed by atoms with E-state index in [0.717, 1.165) is 20.5 Å². The maximum Gasteiger partial charge on any atom is 0.275 e. The number of hydrogen-bond donors (Lipinski definition) is 1. The van der Waals surface area contributed by atoms with Crippen molar-refractivity contribution in [2.45, 2.75) is 0 Å². The monoisotopic (exact) mass is 374 g/mol. The molecule has 0 atom stereocenters. The summed E-state index contributed by atoms with van der Waals surface area (Å²) >= 11 is 2.11. The molecule has 98 valence electrons. The summed E-state index contributed by atoms with van der Waals surface area (Å²) in [6.07, 6.45) is 0. The van der Waals surface area contributed by atoms with Gasteiger partial charge in [0.1, 0.15) is 15.1 Å². The molecule has 3 nitrogen and oxygen atoms in total. The van der Waals surface area contributed by atoms with Crippen LogP contribution in [0.15, 0.2) is 65.5 Å². The van der Waals surface area contributed by atoms with Crippen LogP contribution in [0.3, 0.4) is 0 Å². The molecule has 0 amide bonds. The quantitative estimate of drug-likeness (QED) is 0.696. The van der Waals surface area contributed by atoms with Crippen molar-refractivity contribution < 1.29 is 0 Å². The fourth-order valence-electron chi connectivity index (χ4n) is 2.01. The Balaban J connectivity index is 2.21. The van der Waals surface area contributed by atoms with E-state index in [4.69, 9.17) is 0 Å². The van der Waals surface area contributed by atoms with E-state index in [0.29, 0.717) is 5.69 Å². The van der Waals surface area contributed by atoms with Gasteiger partial charge in [-0.15, -0.1) is 0 Å². The summed E-state index contributed by atoms with van der Waals surface area (Å²) in [4.78, 5) is 19.5. The number of benzene rings is 2. The highest BCUT2D eigenvalue weighted by Crippen LogP contribution is 2.23. The fraction of sp³-hybridized carbons (Fsp3) is 0. The summed E-state index contributed by atoms with van der Waals surface area (Å²) in [5.74, 6) is 0. The van der Waals surface area contributed by atoms with Crippen molar-refractivity contribution in [2.24, 2.45) is 0 Å². The van der Waals surface area contributed by atoms with Gasteiger partial charge in [0.05, 0.1) is 0 Å². The lowest BCUT2D eigenvalue weighted by atomic mass is 10.1. The molecule has 1 heterocycles. The van der Waals surface area contributed by atoms with E-state index in [1.165, 1.54) is 0 Å². The van der Waals surface area contributed by atoms with E-state index in [2.05, 4.69) is 32.6 Å². The first-order chi connectivity index (χ1) is 9.75. The number of nitrogens with one attached hydrogen (secondary N) is 1. The van der Waals surface area contributed by atoms with Gasteiger partial charge < -0.3 is 4.98 Å². The third-order valence-electron chi connectivity index (χ3n) is 2.96. The number of aromatic nitrogens is 2. The van der Waals surface area contributed by atoms with Crippen LogP contribution in [-0.2, 0) is 0 Å². The average molecular weight is 374 g/mol. The van der Waals surface area contributed by atoms with Gasteiger partial charge in [0.2, 0.25) is 0 Å². The molecule has 0 aliphatic carbocycles. The predicted molar refractivity (Wildman–Crippen MR) is 88.4 cm³/mol. The van der Waals surface area contributed by atoms with Crippen LogP contribution in [0.2, 0.25) is 0 Å². The molecular weight excluding hydrogens is 363 g/mol. The van der Waals surface area contributed by atoms with Crippen molar-refractivity contribution >= 4 is 22.6 Å². The number of halogens is 1. The summed E-state index contributed by atoms with van der Waals surface area (Å²) in [5.41, 5.74) is 2.89. The van der Waals surface area contributed by atoms with Gasteiger partial charge in [-0.1, -0.05) is 60.7 Å². The van der Waals surface area contributed by atoms with Crippen LogP contribution in [0.1, 0.15) is 0 Å². The Labute approximate surface area is 129 Å². The van der Waals surface area contributed by atoms with Crippen molar-refractivity contribution in [2.75, 3.05) is 0 Å². The number of hydrogen-bond acceptors (Lipinski definition) is 2. The van der Waals surface area contributed by atoms with Gasteiger partial charge in [-0.2, -0.15) is 0 Å². The Hall–Kier alpha value is -1.95. The highest BCUT2D eigenvalue weighted by Gasteiger charge is 2.11. The fourth-order valence-corrected chi connectivity index (χ4v) is 2.69. The zero-order valence-electron chi connectivity index (χ0n) is 10.5. The molecule has 0 aliphatic rings. The van der Waals surface area contributed by atoms with Crippen molar-refractivity contribution in [3.8, 4) is 22.5 Å². The Morgan fingerprint density at radius 1 is 0.800 bits per heavy atom. The summed E-state index contributed by atoms with van der Waals surface area (Å²) in [6, 6.07) is 19.3. The van der Waals surface area contributed by atoms with Crippen LogP contribution in [0.5, 0.6) is 0 Å². The summed E-state index contributed by atoms with van der Waals surface area (Å²) in [5, 5.41) is 0. The van der Waals surface area contributed by atoms with Gasteiger partial charge in [-0.05, 0) is 22.6 Å². The summed E-state index contributed by atoms with van der Waals surface area (Å²) in [7, 11) is 0. The molecule has 20 heavy (non-hydrogen) atoms. The number of rotatable bonds is 2. The first-order valence-electron chi connectivity index (χ1n) is 6.16. The molecule has 0 saturated carbocycles. The van der Waals surface area contributed by atoms with Gasteiger partial charge in [0, 0.05) is 11.1 Å². The van der Waals surface area contributed by atoms with Crippen LogP contribution in [0.4, 0.5) is 0 Å². The van der Waals surface area contributed by atoms with E-state index < -0.39 is 0 Å². The second-order valence-corrected chi connectivity index (χ2v) is 5.39. The molecule has 1 aromatic heterocycles. The molecule has 0 unspecified atom stereocenters. The predicted octanol–water partition coefficient (Wildman–Crippen LogP) is 3.71. The minimum absolute atomic E-state index is 0.166. The number of aromatic amines is 1. The molecule has 1 N–H and O–H groups in total. The molecule has 0 fully saturated rings. The minimum Gasteiger partial charge on any atom is -0.314 e. The Kier molecular flexibility index (Phi) is 3.64. The van der Waals surface area contributed by atoms with E-state index in [-0.39, 0.29) is 5.56 Å². The lowest BCUT2D eigenvalue weighted by Crippen LogP contribution is -2.14. The maximum absolute atomic E-state index is 12.1. The Morgan fingerprint density at radius 3 is 1.85 bits per heavy atom. The molecular formula is C16H11IN2O. The standard InChI is InChI=1S/C16H11IN2O/c17-15-13(11-7-3-1-4-8-11)18-14(16(20)19-15)12-9-5-2-6-10-12/h1-10H,(H,19,20). The third kappa shape index (κ3) is 2.51. The van der Waals surface area contributed by atoms with E-state index in [1.807, 2.05) is 60.7 Å². The second-order valence-electron chi connectivity index (χ2n) is 4.31. The van der Waals surface area contributed by atoms with Gasteiger partial charge >= 0.3 is 0 Å². The molecule has 0 radical (unpaired) electrons. The SMILES string of the molecule is O=c1[nH]c(I)c(-c2ccccc2)nc1-c1ccccc1. The van der Waals surface area contributed by atoms with Crippen molar-refractivity contribution in [3.05, 3.63) is 74.7 Å². The molecule has 0 spiro atoms. The van der Waals surface area contributed by atoms with E-state index in [1.54, 1.807) is 0 Å². The summed E-state index contributed by atoms with van der Waals surface area (Å²) in [6.45, 7) is 0. The Bertz CT molecular complexity index is 783. The minimum atomic E-state index is -0.166. The Morgan fingerprint density at radius 2 is 1.30 bits per heavy atom. The van der Waals surface area contributed by atoms with Gasteiger partial charge in [-0.3, -0.25) is 4.79 Å². The smallest absolute Gasteiger partial charge is 0.275 e. The van der Waals surface area contributed by atoms with Gasteiger partial charge in [0.15, 0.2) is 0 Å². The molecule has 3 aromatic rings. The molecule has 0 aliphatic heterocycles. The molecule has 0 bridgehead atoms.